The highest BCUT2D eigenvalue weighted by Gasteiger charge is 2.10. The van der Waals surface area contributed by atoms with E-state index in [1.54, 1.807) is 0 Å². The van der Waals surface area contributed by atoms with E-state index in [9.17, 15) is 0 Å². The Bertz CT molecular complexity index is 755. The Hall–Kier alpha value is -2.22. The molecule has 0 saturated heterocycles. The van der Waals surface area contributed by atoms with Crippen molar-refractivity contribution in [2.75, 3.05) is 0 Å². The van der Waals surface area contributed by atoms with Gasteiger partial charge in [-0.1, -0.05) is 56.3 Å². The van der Waals surface area contributed by atoms with Gasteiger partial charge in [0.2, 0.25) is 0 Å². The zero-order valence-electron chi connectivity index (χ0n) is 12.1. The van der Waals surface area contributed by atoms with E-state index in [2.05, 4.69) is 61.3 Å². The lowest BCUT2D eigenvalue weighted by molar-refractivity contribution is 0.804. The number of hydrogen-bond acceptors (Lipinski definition) is 2. The molecule has 0 aliphatic carbocycles. The molecule has 20 heavy (non-hydrogen) atoms. The van der Waals surface area contributed by atoms with E-state index in [0.29, 0.717) is 5.92 Å². The number of aryl methyl sites for hydroxylation is 1. The van der Waals surface area contributed by atoms with Gasteiger partial charge in [-0.15, -0.1) is 0 Å². The standard InChI is InChI=1S/C18H18N2/c1-12(2)17-11-19-18(13(3)20-17)16-10-6-8-14-7-4-5-9-15(14)16/h4-12H,1-3H3. The highest BCUT2D eigenvalue weighted by molar-refractivity contribution is 5.96. The predicted octanol–water partition coefficient (Wildman–Crippen LogP) is 4.73. The largest absolute Gasteiger partial charge is 0.254 e. The van der Waals surface area contributed by atoms with Crippen LogP contribution >= 0.6 is 0 Å². The summed E-state index contributed by atoms with van der Waals surface area (Å²) < 4.78 is 0. The van der Waals surface area contributed by atoms with Crippen LogP contribution in [0.15, 0.2) is 48.7 Å². The lowest BCUT2D eigenvalue weighted by atomic mass is 10.0. The number of rotatable bonds is 2. The molecule has 0 atom stereocenters. The van der Waals surface area contributed by atoms with Gasteiger partial charge in [0.05, 0.1) is 17.1 Å². The first-order valence-electron chi connectivity index (χ1n) is 6.98. The van der Waals surface area contributed by atoms with Crippen molar-refractivity contribution < 1.29 is 0 Å². The molecule has 100 valence electrons. The molecule has 3 rings (SSSR count). The Morgan fingerprint density at radius 1 is 0.950 bits per heavy atom. The van der Waals surface area contributed by atoms with Gasteiger partial charge in [-0.05, 0) is 23.6 Å². The van der Waals surface area contributed by atoms with Crippen molar-refractivity contribution in [2.24, 2.45) is 0 Å². The molecule has 0 aliphatic heterocycles. The average molecular weight is 262 g/mol. The van der Waals surface area contributed by atoms with E-state index in [0.717, 1.165) is 22.6 Å². The first-order valence-corrected chi connectivity index (χ1v) is 6.98. The molecule has 0 amide bonds. The van der Waals surface area contributed by atoms with E-state index < -0.39 is 0 Å². The summed E-state index contributed by atoms with van der Waals surface area (Å²) in [6.07, 6.45) is 1.90. The first kappa shape index (κ1) is 12.8. The van der Waals surface area contributed by atoms with E-state index in [4.69, 9.17) is 4.98 Å². The Balaban J connectivity index is 2.21. The van der Waals surface area contributed by atoms with E-state index in [-0.39, 0.29) is 0 Å². The Morgan fingerprint density at radius 2 is 1.70 bits per heavy atom. The average Bonchev–Trinajstić information content (AvgIpc) is 2.46. The lowest BCUT2D eigenvalue weighted by Crippen LogP contribution is -1.99. The maximum atomic E-state index is 4.69. The molecule has 3 aromatic rings. The molecule has 0 fully saturated rings. The molecule has 1 heterocycles. The molecule has 0 unspecified atom stereocenters. The molecule has 0 N–H and O–H groups in total. The second kappa shape index (κ2) is 5.04. The molecule has 0 bridgehead atoms. The zero-order chi connectivity index (χ0) is 14.1. The summed E-state index contributed by atoms with van der Waals surface area (Å²) in [7, 11) is 0. The summed E-state index contributed by atoms with van der Waals surface area (Å²) in [4.78, 5) is 9.35. The van der Waals surface area contributed by atoms with E-state index in [1.807, 2.05) is 13.1 Å². The minimum atomic E-state index is 0.405. The predicted molar refractivity (Wildman–Crippen MR) is 83.8 cm³/mol. The van der Waals surface area contributed by atoms with Gasteiger partial charge in [0.15, 0.2) is 0 Å². The summed E-state index contributed by atoms with van der Waals surface area (Å²) >= 11 is 0. The maximum absolute atomic E-state index is 4.69. The molecular formula is C18H18N2. The molecule has 0 spiro atoms. The Morgan fingerprint density at radius 3 is 2.45 bits per heavy atom. The van der Waals surface area contributed by atoms with Gasteiger partial charge in [0, 0.05) is 11.8 Å². The monoisotopic (exact) mass is 262 g/mol. The molecule has 0 radical (unpaired) electrons. The van der Waals surface area contributed by atoms with Crippen LogP contribution in [-0.2, 0) is 0 Å². The minimum Gasteiger partial charge on any atom is -0.254 e. The summed E-state index contributed by atoms with van der Waals surface area (Å²) in [6, 6.07) is 14.7. The van der Waals surface area contributed by atoms with Gasteiger partial charge in [0.25, 0.3) is 0 Å². The maximum Gasteiger partial charge on any atom is 0.0920 e. The fourth-order valence-electron chi connectivity index (χ4n) is 2.47. The first-order chi connectivity index (χ1) is 9.66. The van der Waals surface area contributed by atoms with Crippen molar-refractivity contribution in [1.29, 1.82) is 0 Å². The lowest BCUT2D eigenvalue weighted by Gasteiger charge is -2.11. The number of benzene rings is 2. The van der Waals surface area contributed by atoms with Gasteiger partial charge in [-0.25, -0.2) is 0 Å². The fourth-order valence-corrected chi connectivity index (χ4v) is 2.47. The second-order valence-corrected chi connectivity index (χ2v) is 5.41. The van der Waals surface area contributed by atoms with Crippen LogP contribution < -0.4 is 0 Å². The summed E-state index contributed by atoms with van der Waals surface area (Å²) in [6.45, 7) is 6.32. The van der Waals surface area contributed by atoms with Gasteiger partial charge in [0.1, 0.15) is 0 Å². The van der Waals surface area contributed by atoms with Crippen LogP contribution in [-0.4, -0.2) is 9.97 Å². The van der Waals surface area contributed by atoms with Gasteiger partial charge in [-0.2, -0.15) is 0 Å². The molecule has 2 aromatic carbocycles. The molecule has 2 nitrogen and oxygen atoms in total. The van der Waals surface area contributed by atoms with Crippen molar-refractivity contribution in [1.82, 2.24) is 9.97 Å². The smallest absolute Gasteiger partial charge is 0.0920 e. The van der Waals surface area contributed by atoms with E-state index in [1.165, 1.54) is 10.8 Å². The van der Waals surface area contributed by atoms with Crippen LogP contribution in [0.25, 0.3) is 22.0 Å². The van der Waals surface area contributed by atoms with Crippen molar-refractivity contribution >= 4 is 10.8 Å². The third kappa shape index (κ3) is 2.18. The van der Waals surface area contributed by atoms with Crippen LogP contribution in [0.2, 0.25) is 0 Å². The fraction of sp³-hybridized carbons (Fsp3) is 0.222. The Labute approximate surface area is 119 Å². The zero-order valence-corrected chi connectivity index (χ0v) is 12.1. The van der Waals surface area contributed by atoms with Crippen molar-refractivity contribution in [3.8, 4) is 11.3 Å². The number of aromatic nitrogens is 2. The molecule has 1 aromatic heterocycles. The van der Waals surface area contributed by atoms with Crippen LogP contribution in [0.5, 0.6) is 0 Å². The Kier molecular flexibility index (Phi) is 3.23. The van der Waals surface area contributed by atoms with E-state index >= 15 is 0 Å². The third-order valence-corrected chi connectivity index (χ3v) is 3.60. The van der Waals surface area contributed by atoms with Gasteiger partial charge >= 0.3 is 0 Å². The summed E-state index contributed by atoms with van der Waals surface area (Å²) in [5, 5.41) is 2.46. The quantitative estimate of drug-likeness (QED) is 0.667. The van der Waals surface area contributed by atoms with Crippen LogP contribution in [0.4, 0.5) is 0 Å². The highest BCUT2D eigenvalue weighted by atomic mass is 14.8. The van der Waals surface area contributed by atoms with Crippen molar-refractivity contribution in [3.63, 3.8) is 0 Å². The van der Waals surface area contributed by atoms with Gasteiger partial charge < -0.3 is 0 Å². The minimum absolute atomic E-state index is 0.405. The molecular weight excluding hydrogens is 244 g/mol. The van der Waals surface area contributed by atoms with Crippen molar-refractivity contribution in [2.45, 2.75) is 26.7 Å². The van der Waals surface area contributed by atoms with Crippen molar-refractivity contribution in [3.05, 3.63) is 60.0 Å². The summed E-state index contributed by atoms with van der Waals surface area (Å²) in [5.74, 6) is 0.405. The van der Waals surface area contributed by atoms with Gasteiger partial charge in [-0.3, -0.25) is 9.97 Å². The highest BCUT2D eigenvalue weighted by Crippen LogP contribution is 2.29. The number of hydrogen-bond donors (Lipinski definition) is 0. The SMILES string of the molecule is Cc1nc(C(C)C)cnc1-c1cccc2ccccc12. The number of nitrogens with zero attached hydrogens (tertiary/aromatic N) is 2. The molecule has 2 heteroatoms. The molecule has 0 saturated carbocycles. The molecule has 0 aliphatic rings. The van der Waals surface area contributed by atoms with Crippen LogP contribution in [0.3, 0.4) is 0 Å². The topological polar surface area (TPSA) is 25.8 Å². The second-order valence-electron chi connectivity index (χ2n) is 5.41. The van der Waals surface area contributed by atoms with Crippen LogP contribution in [0, 0.1) is 6.92 Å². The van der Waals surface area contributed by atoms with Crippen LogP contribution in [0.1, 0.15) is 31.2 Å². The third-order valence-electron chi connectivity index (χ3n) is 3.60. The summed E-state index contributed by atoms with van der Waals surface area (Å²) in [5.41, 5.74) is 4.17. The number of fused-ring (bicyclic) bond motifs is 1. The normalized spacial score (nSPS) is 11.2.